The average Bonchev–Trinajstić information content (AvgIpc) is 2.85. The third-order valence-electron chi connectivity index (χ3n) is 5.22. The molecule has 19 heavy (non-hydrogen) atoms. The molecule has 2 rings (SSSR count). The van der Waals surface area contributed by atoms with Crippen molar-refractivity contribution in [2.75, 3.05) is 39.8 Å². The number of likely N-dealkylation sites (N-methyl/N-ethyl adjacent to an activating group) is 2. The smallest absolute Gasteiger partial charge is 0.0565 e. The lowest BCUT2D eigenvalue weighted by Crippen LogP contribution is -2.59. The van der Waals surface area contributed by atoms with E-state index in [1.54, 1.807) is 0 Å². The van der Waals surface area contributed by atoms with E-state index in [4.69, 9.17) is 10.5 Å². The molecule has 4 nitrogen and oxygen atoms in total. The Bertz CT molecular complexity index is 287. The second-order valence-electron chi connectivity index (χ2n) is 6.37. The van der Waals surface area contributed by atoms with Crippen molar-refractivity contribution in [3.63, 3.8) is 0 Å². The van der Waals surface area contributed by atoms with Gasteiger partial charge in [-0.05, 0) is 52.7 Å². The van der Waals surface area contributed by atoms with Gasteiger partial charge in [-0.3, -0.25) is 9.80 Å². The van der Waals surface area contributed by atoms with E-state index in [9.17, 15) is 0 Å². The van der Waals surface area contributed by atoms with Crippen LogP contribution < -0.4 is 5.73 Å². The molecule has 0 saturated carbocycles. The monoisotopic (exact) mass is 269 g/mol. The highest BCUT2D eigenvalue weighted by Crippen LogP contribution is 2.30. The van der Waals surface area contributed by atoms with Gasteiger partial charge in [0.2, 0.25) is 0 Å². The summed E-state index contributed by atoms with van der Waals surface area (Å²) in [4.78, 5) is 5.15. The van der Waals surface area contributed by atoms with Crippen LogP contribution in [0.25, 0.3) is 0 Å². The van der Waals surface area contributed by atoms with E-state index in [-0.39, 0.29) is 5.54 Å². The highest BCUT2D eigenvalue weighted by Gasteiger charge is 2.39. The normalized spacial score (nSPS) is 37.1. The molecule has 0 aromatic rings. The fourth-order valence-electron chi connectivity index (χ4n) is 3.86. The Labute approximate surface area is 118 Å². The van der Waals surface area contributed by atoms with E-state index in [0.717, 1.165) is 38.6 Å². The van der Waals surface area contributed by atoms with E-state index in [2.05, 4.69) is 30.7 Å². The van der Waals surface area contributed by atoms with Gasteiger partial charge in [0.25, 0.3) is 0 Å². The first kappa shape index (κ1) is 15.2. The molecular formula is C15H31N3O. The summed E-state index contributed by atoms with van der Waals surface area (Å²) < 4.78 is 5.70. The fraction of sp³-hybridized carbons (Fsp3) is 1.00. The lowest BCUT2D eigenvalue weighted by molar-refractivity contribution is -0.0602. The Balaban J connectivity index is 1.98. The Morgan fingerprint density at radius 2 is 2.26 bits per heavy atom. The topological polar surface area (TPSA) is 41.7 Å². The maximum absolute atomic E-state index is 6.13. The van der Waals surface area contributed by atoms with Crippen LogP contribution in [0, 0.1) is 0 Å². The molecule has 4 heteroatoms. The van der Waals surface area contributed by atoms with Crippen molar-refractivity contribution >= 4 is 0 Å². The number of ether oxygens (including phenoxy) is 1. The SMILES string of the molecule is CCN1CCCC1CN(C)C1(CN)CCOC(C)C1. The van der Waals surface area contributed by atoms with Crippen LogP contribution in [-0.2, 0) is 4.74 Å². The summed E-state index contributed by atoms with van der Waals surface area (Å²) in [6, 6.07) is 0.719. The first-order chi connectivity index (χ1) is 9.11. The number of hydrogen-bond donors (Lipinski definition) is 1. The Morgan fingerprint density at radius 1 is 1.47 bits per heavy atom. The molecule has 0 aromatic carbocycles. The van der Waals surface area contributed by atoms with Crippen LogP contribution in [0.3, 0.4) is 0 Å². The van der Waals surface area contributed by atoms with Crippen molar-refractivity contribution in [2.24, 2.45) is 5.73 Å². The molecule has 3 atom stereocenters. The van der Waals surface area contributed by atoms with Crippen molar-refractivity contribution in [2.45, 2.75) is 57.2 Å². The number of rotatable bonds is 5. The summed E-state index contributed by atoms with van der Waals surface area (Å²) in [5.74, 6) is 0. The van der Waals surface area contributed by atoms with Gasteiger partial charge in [0.1, 0.15) is 0 Å². The van der Waals surface area contributed by atoms with Crippen LogP contribution in [0.5, 0.6) is 0 Å². The Kier molecular flexibility index (Phi) is 5.23. The third kappa shape index (κ3) is 3.30. The zero-order valence-corrected chi connectivity index (χ0v) is 12.9. The second kappa shape index (κ2) is 6.53. The molecule has 2 aliphatic rings. The van der Waals surface area contributed by atoms with Crippen LogP contribution in [-0.4, -0.2) is 67.3 Å². The second-order valence-corrected chi connectivity index (χ2v) is 6.37. The van der Waals surface area contributed by atoms with Crippen molar-refractivity contribution in [1.82, 2.24) is 9.80 Å². The molecule has 0 bridgehead atoms. The first-order valence-corrected chi connectivity index (χ1v) is 7.88. The average molecular weight is 269 g/mol. The third-order valence-corrected chi connectivity index (χ3v) is 5.22. The fourth-order valence-corrected chi connectivity index (χ4v) is 3.86. The maximum Gasteiger partial charge on any atom is 0.0565 e. The lowest BCUT2D eigenvalue weighted by atomic mass is 9.85. The maximum atomic E-state index is 6.13. The molecule has 112 valence electrons. The number of nitrogens with zero attached hydrogens (tertiary/aromatic N) is 2. The van der Waals surface area contributed by atoms with Crippen LogP contribution in [0.4, 0.5) is 0 Å². The van der Waals surface area contributed by atoms with Gasteiger partial charge in [-0.15, -0.1) is 0 Å². The van der Waals surface area contributed by atoms with Gasteiger partial charge in [-0.25, -0.2) is 0 Å². The zero-order chi connectivity index (χ0) is 13.9. The van der Waals surface area contributed by atoms with Gasteiger partial charge in [0, 0.05) is 31.3 Å². The number of nitrogens with two attached hydrogens (primary N) is 1. The van der Waals surface area contributed by atoms with Gasteiger partial charge in [0.15, 0.2) is 0 Å². The van der Waals surface area contributed by atoms with Gasteiger partial charge < -0.3 is 10.5 Å². The minimum Gasteiger partial charge on any atom is -0.378 e. The van der Waals surface area contributed by atoms with Crippen LogP contribution >= 0.6 is 0 Å². The molecule has 2 saturated heterocycles. The summed E-state index contributed by atoms with van der Waals surface area (Å²) >= 11 is 0. The molecule has 2 aliphatic heterocycles. The molecule has 2 N–H and O–H groups in total. The van der Waals surface area contributed by atoms with Gasteiger partial charge in [0.05, 0.1) is 6.10 Å². The summed E-state index contributed by atoms with van der Waals surface area (Å²) in [6.07, 6.45) is 5.17. The largest absolute Gasteiger partial charge is 0.378 e. The predicted molar refractivity (Wildman–Crippen MR) is 79.3 cm³/mol. The highest BCUT2D eigenvalue weighted by molar-refractivity contribution is 4.96. The predicted octanol–water partition coefficient (Wildman–Crippen LogP) is 1.30. The first-order valence-electron chi connectivity index (χ1n) is 7.88. The van der Waals surface area contributed by atoms with E-state index < -0.39 is 0 Å². The lowest BCUT2D eigenvalue weighted by Gasteiger charge is -2.47. The minimum absolute atomic E-state index is 0.152. The van der Waals surface area contributed by atoms with Crippen LogP contribution in [0.1, 0.15) is 39.5 Å². The van der Waals surface area contributed by atoms with E-state index >= 15 is 0 Å². The molecule has 0 aliphatic carbocycles. The van der Waals surface area contributed by atoms with E-state index in [1.165, 1.54) is 25.9 Å². The van der Waals surface area contributed by atoms with E-state index in [0.29, 0.717) is 6.10 Å². The molecule has 2 heterocycles. The number of likely N-dealkylation sites (tertiary alicyclic amines) is 1. The Hall–Kier alpha value is -0.160. The van der Waals surface area contributed by atoms with Gasteiger partial charge in [-0.2, -0.15) is 0 Å². The molecule has 0 amide bonds. The summed E-state index contributed by atoms with van der Waals surface area (Å²) in [7, 11) is 2.26. The Morgan fingerprint density at radius 3 is 2.89 bits per heavy atom. The molecule has 0 aromatic heterocycles. The molecule has 3 unspecified atom stereocenters. The summed E-state index contributed by atoms with van der Waals surface area (Å²) in [5, 5.41) is 0. The quantitative estimate of drug-likeness (QED) is 0.817. The van der Waals surface area contributed by atoms with Gasteiger partial charge in [-0.1, -0.05) is 6.92 Å². The summed E-state index contributed by atoms with van der Waals surface area (Å²) in [6.45, 7) is 9.63. The standard InChI is InChI=1S/C15H31N3O/c1-4-18-8-5-6-14(18)11-17(3)15(12-16)7-9-19-13(2)10-15/h13-14H,4-12,16H2,1-3H3. The summed E-state index contributed by atoms with van der Waals surface area (Å²) in [5.41, 5.74) is 6.28. The molecule has 0 spiro atoms. The molecule has 2 fully saturated rings. The minimum atomic E-state index is 0.152. The van der Waals surface area contributed by atoms with Crippen molar-refractivity contribution in [3.05, 3.63) is 0 Å². The van der Waals surface area contributed by atoms with Crippen LogP contribution in [0.15, 0.2) is 0 Å². The van der Waals surface area contributed by atoms with Crippen LogP contribution in [0.2, 0.25) is 0 Å². The molecule has 0 radical (unpaired) electrons. The van der Waals surface area contributed by atoms with E-state index in [1.807, 2.05) is 0 Å². The van der Waals surface area contributed by atoms with Gasteiger partial charge >= 0.3 is 0 Å². The zero-order valence-electron chi connectivity index (χ0n) is 12.9. The highest BCUT2D eigenvalue weighted by atomic mass is 16.5. The van der Waals surface area contributed by atoms with Crippen molar-refractivity contribution in [3.8, 4) is 0 Å². The molecular weight excluding hydrogens is 238 g/mol. The van der Waals surface area contributed by atoms with Crippen molar-refractivity contribution < 1.29 is 4.74 Å². The van der Waals surface area contributed by atoms with Crippen molar-refractivity contribution in [1.29, 1.82) is 0 Å². The number of hydrogen-bond acceptors (Lipinski definition) is 4.